The van der Waals surface area contributed by atoms with E-state index in [1.165, 1.54) is 13.2 Å². The highest BCUT2D eigenvalue weighted by Crippen LogP contribution is 2.81. The van der Waals surface area contributed by atoms with Gasteiger partial charge in [0, 0.05) is 22.3 Å². The minimum atomic E-state index is -0.830. The van der Waals surface area contributed by atoms with Crippen molar-refractivity contribution in [2.24, 2.45) is 46.3 Å². The Morgan fingerprint density at radius 1 is 1.14 bits per heavy atom. The van der Waals surface area contributed by atoms with Gasteiger partial charge >= 0.3 is 5.97 Å². The molecule has 6 nitrogen and oxygen atoms in total. The fraction of sp³-hybridized carbons (Fsp3) is 0.862. The van der Waals surface area contributed by atoms with Crippen LogP contribution >= 0.6 is 0 Å². The summed E-state index contributed by atoms with van der Waals surface area (Å²) in [7, 11) is 1.37. The van der Waals surface area contributed by atoms with E-state index in [1.54, 1.807) is 0 Å². The number of allylic oxidation sites excluding steroid dienone is 1. The van der Waals surface area contributed by atoms with Crippen LogP contribution in [0.4, 0.5) is 0 Å². The molecule has 3 saturated carbocycles. The summed E-state index contributed by atoms with van der Waals surface area (Å²) < 4.78 is 18.2. The Morgan fingerprint density at radius 2 is 1.86 bits per heavy atom. The van der Waals surface area contributed by atoms with Crippen LogP contribution in [0.5, 0.6) is 0 Å². The number of aliphatic hydroxyl groups is 1. The van der Waals surface area contributed by atoms with Gasteiger partial charge in [0.1, 0.15) is 11.2 Å². The quantitative estimate of drug-likeness (QED) is 0.465. The summed E-state index contributed by atoms with van der Waals surface area (Å²) in [6, 6.07) is 0. The van der Waals surface area contributed by atoms with Gasteiger partial charge in [-0.1, -0.05) is 41.5 Å². The van der Waals surface area contributed by atoms with Crippen LogP contribution in [0, 0.1) is 46.3 Å². The lowest BCUT2D eigenvalue weighted by atomic mass is 9.43. The molecule has 2 heterocycles. The van der Waals surface area contributed by atoms with Crippen molar-refractivity contribution in [2.45, 2.75) is 103 Å². The van der Waals surface area contributed by atoms with Crippen molar-refractivity contribution in [3.05, 3.63) is 11.6 Å². The van der Waals surface area contributed by atoms with Crippen molar-refractivity contribution < 1.29 is 28.9 Å². The highest BCUT2D eigenvalue weighted by atomic mass is 16.6. The summed E-state index contributed by atoms with van der Waals surface area (Å²) >= 11 is 0. The van der Waals surface area contributed by atoms with E-state index in [9.17, 15) is 14.7 Å². The van der Waals surface area contributed by atoms with Crippen LogP contribution < -0.4 is 0 Å². The highest BCUT2D eigenvalue weighted by molar-refractivity contribution is 6.03. The molecule has 0 aromatic heterocycles. The molecule has 194 valence electrons. The summed E-state index contributed by atoms with van der Waals surface area (Å²) in [6.45, 7) is 13.6. The lowest BCUT2D eigenvalue weighted by Crippen LogP contribution is -2.65. The first-order valence-electron chi connectivity index (χ1n) is 13.8. The summed E-state index contributed by atoms with van der Waals surface area (Å²) in [4.78, 5) is 25.9. The number of carbonyl (C=O) groups is 2. The highest BCUT2D eigenvalue weighted by Gasteiger charge is 2.90. The average Bonchev–Trinajstić information content (AvgIpc) is 3.71. The van der Waals surface area contributed by atoms with Gasteiger partial charge in [0.05, 0.1) is 31.3 Å². The molecule has 0 aromatic rings. The monoisotopic (exact) mass is 486 g/mol. The van der Waals surface area contributed by atoms with E-state index in [2.05, 4.69) is 41.5 Å². The van der Waals surface area contributed by atoms with E-state index in [4.69, 9.17) is 14.2 Å². The minimum Gasteiger partial charge on any atom is -0.466 e. The standard InChI is InChI=1S/C29H42O6/c1-14(2)15(3)22-23(34-22)16(4)18-8-11-28-27(18,6)10-9-21-26(5)13-17(24(31)29(21,28)35-28)20(30)12-19(26)25(32)33-7/h12,14-18,21-24,31H,8-11,13H2,1-7H3. The van der Waals surface area contributed by atoms with Gasteiger partial charge in [0.25, 0.3) is 0 Å². The van der Waals surface area contributed by atoms with Gasteiger partial charge in [-0.15, -0.1) is 0 Å². The maximum atomic E-state index is 13.1. The predicted molar refractivity (Wildman–Crippen MR) is 129 cm³/mol. The maximum Gasteiger partial charge on any atom is 0.334 e. The molecule has 6 rings (SSSR count). The number of methoxy groups -OCH3 is 1. The van der Waals surface area contributed by atoms with Gasteiger partial charge in [-0.05, 0) is 61.9 Å². The van der Waals surface area contributed by atoms with E-state index in [-0.39, 0.29) is 17.1 Å². The van der Waals surface area contributed by atoms with Gasteiger partial charge in [-0.3, -0.25) is 4.79 Å². The molecule has 12 atom stereocenters. The lowest BCUT2D eigenvalue weighted by Gasteiger charge is -2.57. The smallest absolute Gasteiger partial charge is 0.334 e. The van der Waals surface area contributed by atoms with Crippen LogP contribution in [0.3, 0.4) is 0 Å². The van der Waals surface area contributed by atoms with E-state index in [1.807, 2.05) is 0 Å². The van der Waals surface area contributed by atoms with Gasteiger partial charge in [0.2, 0.25) is 0 Å². The number of aliphatic hydroxyl groups excluding tert-OH is 1. The van der Waals surface area contributed by atoms with E-state index in [0.29, 0.717) is 47.9 Å². The van der Waals surface area contributed by atoms with Gasteiger partial charge in [0.15, 0.2) is 5.78 Å². The second kappa shape index (κ2) is 7.20. The second-order valence-corrected chi connectivity index (χ2v) is 13.5. The summed E-state index contributed by atoms with van der Waals surface area (Å²) in [5, 5.41) is 11.7. The van der Waals surface area contributed by atoms with Crippen molar-refractivity contribution >= 4 is 11.8 Å². The third kappa shape index (κ3) is 2.67. The third-order valence-electron chi connectivity index (χ3n) is 12.1. The number of epoxide rings is 2. The van der Waals surface area contributed by atoms with Crippen molar-refractivity contribution in [3.8, 4) is 0 Å². The van der Waals surface area contributed by atoms with E-state index < -0.39 is 34.6 Å². The first-order valence-corrected chi connectivity index (χ1v) is 13.8. The Labute approximate surface area is 209 Å². The number of carbonyl (C=O) groups excluding carboxylic acids is 2. The zero-order valence-corrected chi connectivity index (χ0v) is 22.3. The number of esters is 1. The molecular formula is C29H42O6. The molecule has 6 heteroatoms. The molecule has 5 fully saturated rings. The molecule has 2 saturated heterocycles. The summed E-state index contributed by atoms with van der Waals surface area (Å²) in [6.07, 6.45) is 5.57. The summed E-state index contributed by atoms with van der Waals surface area (Å²) in [5.41, 5.74) is -1.34. The molecule has 2 bridgehead atoms. The number of rotatable bonds is 5. The molecule has 1 N–H and O–H groups in total. The fourth-order valence-corrected chi connectivity index (χ4v) is 9.84. The van der Waals surface area contributed by atoms with Crippen molar-refractivity contribution in [1.82, 2.24) is 0 Å². The predicted octanol–water partition coefficient (Wildman–Crippen LogP) is 4.09. The zero-order chi connectivity index (χ0) is 25.3. The van der Waals surface area contributed by atoms with Crippen molar-refractivity contribution in [1.29, 1.82) is 0 Å². The van der Waals surface area contributed by atoms with Crippen molar-refractivity contribution in [3.63, 3.8) is 0 Å². The Bertz CT molecular complexity index is 1000. The van der Waals surface area contributed by atoms with Crippen LogP contribution in [0.15, 0.2) is 11.6 Å². The number of ether oxygens (including phenoxy) is 3. The first-order chi connectivity index (χ1) is 16.4. The molecule has 6 aliphatic rings. The lowest BCUT2D eigenvalue weighted by molar-refractivity contribution is -0.152. The van der Waals surface area contributed by atoms with E-state index in [0.717, 1.165) is 25.7 Å². The molecule has 4 aliphatic carbocycles. The Morgan fingerprint density at radius 3 is 2.51 bits per heavy atom. The largest absolute Gasteiger partial charge is 0.466 e. The Kier molecular flexibility index (Phi) is 4.96. The SMILES string of the molecule is COC(=O)C1=CC(=O)C2CC1(C)C1CCC3(C)C(C(C)C4OC4C(C)C(C)C)CCC34OC14C2O. The molecule has 2 spiro atoms. The number of fused-ring (bicyclic) bond motifs is 3. The number of ketones is 1. The molecule has 0 aromatic carbocycles. The zero-order valence-electron chi connectivity index (χ0n) is 22.3. The van der Waals surface area contributed by atoms with Crippen LogP contribution in [0.25, 0.3) is 0 Å². The Hall–Kier alpha value is -1.24. The normalized spacial score (nSPS) is 53.2. The minimum absolute atomic E-state index is 0.00674. The number of hydrogen-bond donors (Lipinski definition) is 1. The average molecular weight is 487 g/mol. The van der Waals surface area contributed by atoms with Gasteiger partial charge in [-0.2, -0.15) is 0 Å². The van der Waals surface area contributed by atoms with Crippen LogP contribution in [0.2, 0.25) is 0 Å². The second-order valence-electron chi connectivity index (χ2n) is 13.5. The molecule has 12 unspecified atom stereocenters. The van der Waals surface area contributed by atoms with Crippen LogP contribution in [-0.4, -0.2) is 53.5 Å². The third-order valence-corrected chi connectivity index (χ3v) is 12.1. The molecule has 0 radical (unpaired) electrons. The van der Waals surface area contributed by atoms with Crippen LogP contribution in [-0.2, 0) is 23.8 Å². The van der Waals surface area contributed by atoms with Crippen molar-refractivity contribution in [2.75, 3.05) is 7.11 Å². The van der Waals surface area contributed by atoms with Crippen LogP contribution in [0.1, 0.15) is 73.6 Å². The summed E-state index contributed by atoms with van der Waals surface area (Å²) in [5.74, 6) is 0.887. The maximum absolute atomic E-state index is 13.1. The first kappa shape index (κ1) is 24.1. The topological polar surface area (TPSA) is 88.7 Å². The fourth-order valence-electron chi connectivity index (χ4n) is 9.84. The molecular weight excluding hydrogens is 444 g/mol. The van der Waals surface area contributed by atoms with E-state index >= 15 is 0 Å². The van der Waals surface area contributed by atoms with Gasteiger partial charge < -0.3 is 19.3 Å². The molecule has 35 heavy (non-hydrogen) atoms. The number of hydrogen-bond acceptors (Lipinski definition) is 6. The molecule has 2 aliphatic heterocycles. The molecule has 0 amide bonds. The van der Waals surface area contributed by atoms with Gasteiger partial charge in [-0.25, -0.2) is 4.79 Å². The Balaban J connectivity index is 1.34.